The molecule has 2 aromatic carbocycles. The third kappa shape index (κ3) is 6.35. The predicted molar refractivity (Wildman–Crippen MR) is 140 cm³/mol. The second kappa shape index (κ2) is 12.7. The van der Waals surface area contributed by atoms with Crippen LogP contribution in [0.3, 0.4) is 0 Å². The van der Waals surface area contributed by atoms with Gasteiger partial charge in [0.05, 0.1) is 26.0 Å². The standard InChI is InChI=1S/C25H29N5O6S/c1-4-36-18-11-7-16(8-12-18)30(25(33)22-19(26)20(23(27)31)29-37-22)21(24(32)28-13-14-34-2)15-5-9-17(35-3)10-6-15/h5-12,21H,4,13-14,26H2,1-3H3,(H2,27,31)(H,28,32)/t21-/m1/s1. The Hall–Kier alpha value is -4.16. The average Bonchev–Trinajstić information content (AvgIpc) is 3.29. The van der Waals surface area contributed by atoms with Gasteiger partial charge in [0.2, 0.25) is 5.91 Å². The molecule has 196 valence electrons. The number of aromatic nitrogens is 1. The molecule has 0 saturated heterocycles. The molecule has 1 aromatic heterocycles. The fraction of sp³-hybridized carbons (Fsp3) is 0.280. The van der Waals surface area contributed by atoms with E-state index in [0.29, 0.717) is 29.4 Å². The van der Waals surface area contributed by atoms with Crippen molar-refractivity contribution in [1.82, 2.24) is 9.69 Å². The summed E-state index contributed by atoms with van der Waals surface area (Å²) in [5.41, 5.74) is 12.0. The molecule has 1 atom stereocenters. The molecule has 0 unspecified atom stereocenters. The van der Waals surface area contributed by atoms with Crippen LogP contribution in [0.15, 0.2) is 48.5 Å². The summed E-state index contributed by atoms with van der Waals surface area (Å²) in [5.74, 6) is -0.766. The van der Waals surface area contributed by atoms with E-state index < -0.39 is 23.8 Å². The van der Waals surface area contributed by atoms with E-state index in [1.807, 2.05) is 6.92 Å². The first-order valence-corrected chi connectivity index (χ1v) is 12.1. The summed E-state index contributed by atoms with van der Waals surface area (Å²) >= 11 is 0.735. The monoisotopic (exact) mass is 527 g/mol. The van der Waals surface area contributed by atoms with E-state index in [1.165, 1.54) is 19.1 Å². The third-order valence-electron chi connectivity index (χ3n) is 5.34. The number of ether oxygens (including phenoxy) is 3. The van der Waals surface area contributed by atoms with Crippen LogP contribution in [0.25, 0.3) is 0 Å². The molecule has 3 amide bonds. The topological polar surface area (TPSA) is 159 Å². The van der Waals surface area contributed by atoms with Gasteiger partial charge in [-0.15, -0.1) is 0 Å². The SMILES string of the molecule is CCOc1ccc(N(C(=O)c2snc(C(N)=O)c2N)[C@@H](C(=O)NCCOC)c2ccc(OC)cc2)cc1. The van der Waals surface area contributed by atoms with Crippen LogP contribution < -0.4 is 31.2 Å². The second-order valence-electron chi connectivity index (χ2n) is 7.70. The molecule has 0 aliphatic heterocycles. The molecule has 1 heterocycles. The van der Waals surface area contributed by atoms with Crippen molar-refractivity contribution < 1.29 is 28.6 Å². The zero-order valence-electron chi connectivity index (χ0n) is 20.7. The van der Waals surface area contributed by atoms with Crippen LogP contribution in [-0.2, 0) is 9.53 Å². The van der Waals surface area contributed by atoms with Crippen molar-refractivity contribution in [3.8, 4) is 11.5 Å². The fourth-order valence-electron chi connectivity index (χ4n) is 3.57. The highest BCUT2D eigenvalue weighted by Gasteiger charge is 2.36. The number of benzene rings is 2. The minimum Gasteiger partial charge on any atom is -0.497 e. The summed E-state index contributed by atoms with van der Waals surface area (Å²) in [6.07, 6.45) is 0. The molecule has 3 aromatic rings. The van der Waals surface area contributed by atoms with Gasteiger partial charge in [0.25, 0.3) is 11.8 Å². The second-order valence-corrected chi connectivity index (χ2v) is 8.47. The van der Waals surface area contributed by atoms with Gasteiger partial charge >= 0.3 is 0 Å². The molecule has 12 heteroatoms. The van der Waals surface area contributed by atoms with E-state index in [2.05, 4.69) is 9.69 Å². The number of nitrogens with zero attached hydrogens (tertiary/aromatic N) is 2. The number of anilines is 2. The van der Waals surface area contributed by atoms with Gasteiger partial charge in [-0.1, -0.05) is 12.1 Å². The zero-order chi connectivity index (χ0) is 26.9. The lowest BCUT2D eigenvalue weighted by atomic mass is 10.0. The first-order valence-electron chi connectivity index (χ1n) is 11.3. The van der Waals surface area contributed by atoms with E-state index in [1.54, 1.807) is 48.5 Å². The van der Waals surface area contributed by atoms with Crippen molar-refractivity contribution in [1.29, 1.82) is 0 Å². The van der Waals surface area contributed by atoms with Crippen LogP contribution >= 0.6 is 11.5 Å². The highest BCUT2D eigenvalue weighted by Crippen LogP contribution is 2.34. The minimum atomic E-state index is -1.12. The van der Waals surface area contributed by atoms with Crippen LogP contribution in [-0.4, -0.2) is 56.1 Å². The quantitative estimate of drug-likeness (QED) is 0.303. The molecule has 0 radical (unpaired) electrons. The van der Waals surface area contributed by atoms with Crippen molar-refractivity contribution in [2.75, 3.05) is 44.6 Å². The smallest absolute Gasteiger partial charge is 0.273 e. The van der Waals surface area contributed by atoms with Crippen molar-refractivity contribution in [2.45, 2.75) is 13.0 Å². The Kier molecular flexibility index (Phi) is 9.41. The normalized spacial score (nSPS) is 11.4. The zero-order valence-corrected chi connectivity index (χ0v) is 21.5. The average molecular weight is 528 g/mol. The number of primary amides is 1. The largest absolute Gasteiger partial charge is 0.497 e. The Balaban J connectivity index is 2.16. The van der Waals surface area contributed by atoms with Gasteiger partial charge < -0.3 is 31.0 Å². The number of methoxy groups -OCH3 is 2. The highest BCUT2D eigenvalue weighted by molar-refractivity contribution is 7.09. The molecule has 0 aliphatic rings. The first kappa shape index (κ1) is 27.4. The number of nitrogen functional groups attached to an aromatic ring is 1. The van der Waals surface area contributed by atoms with Gasteiger partial charge in [-0.25, -0.2) is 0 Å². The van der Waals surface area contributed by atoms with Gasteiger partial charge in [-0.05, 0) is 60.4 Å². The summed E-state index contributed by atoms with van der Waals surface area (Å²) in [5, 5.41) is 2.81. The molecule has 3 rings (SSSR count). The summed E-state index contributed by atoms with van der Waals surface area (Å²) in [6, 6.07) is 12.4. The summed E-state index contributed by atoms with van der Waals surface area (Å²) in [7, 11) is 3.05. The molecule has 0 saturated carbocycles. The van der Waals surface area contributed by atoms with Crippen molar-refractivity contribution in [3.05, 3.63) is 64.7 Å². The number of carbonyl (C=O) groups is 3. The lowest BCUT2D eigenvalue weighted by Gasteiger charge is -2.31. The van der Waals surface area contributed by atoms with E-state index in [4.69, 9.17) is 25.7 Å². The number of rotatable bonds is 12. The van der Waals surface area contributed by atoms with Crippen LogP contribution in [0.2, 0.25) is 0 Å². The van der Waals surface area contributed by atoms with Crippen LogP contribution in [0.5, 0.6) is 11.5 Å². The number of nitrogens with one attached hydrogen (secondary N) is 1. The van der Waals surface area contributed by atoms with Gasteiger partial charge in [-0.3, -0.25) is 19.3 Å². The fourth-order valence-corrected chi connectivity index (χ4v) is 4.31. The number of carbonyl (C=O) groups excluding carboxylic acids is 3. The molecule has 37 heavy (non-hydrogen) atoms. The van der Waals surface area contributed by atoms with E-state index in [9.17, 15) is 14.4 Å². The minimum absolute atomic E-state index is 0.0223. The summed E-state index contributed by atoms with van der Waals surface area (Å²) in [6.45, 7) is 2.83. The molecule has 0 aliphatic carbocycles. The summed E-state index contributed by atoms with van der Waals surface area (Å²) in [4.78, 5) is 40.6. The van der Waals surface area contributed by atoms with Gasteiger partial charge in [0, 0.05) is 19.3 Å². The maximum absolute atomic E-state index is 14.0. The Labute approximate surface area is 218 Å². The Morgan fingerprint density at radius 3 is 2.24 bits per heavy atom. The van der Waals surface area contributed by atoms with Crippen LogP contribution in [0, 0.1) is 0 Å². The third-order valence-corrected chi connectivity index (χ3v) is 6.19. The summed E-state index contributed by atoms with van der Waals surface area (Å²) < 4.78 is 19.8. The molecule has 5 N–H and O–H groups in total. The number of amides is 3. The Morgan fingerprint density at radius 2 is 1.70 bits per heavy atom. The van der Waals surface area contributed by atoms with E-state index in [-0.39, 0.29) is 29.4 Å². The Morgan fingerprint density at radius 1 is 1.05 bits per heavy atom. The van der Waals surface area contributed by atoms with E-state index in [0.717, 1.165) is 11.5 Å². The Bertz CT molecular complexity index is 1230. The molecular formula is C25H29N5O6S. The van der Waals surface area contributed by atoms with E-state index >= 15 is 0 Å². The molecular weight excluding hydrogens is 498 g/mol. The number of hydrogen-bond donors (Lipinski definition) is 3. The lowest BCUT2D eigenvalue weighted by molar-refractivity contribution is -0.122. The van der Waals surface area contributed by atoms with Crippen molar-refractivity contribution in [2.24, 2.45) is 5.73 Å². The van der Waals surface area contributed by atoms with Gasteiger partial charge in [0.1, 0.15) is 22.4 Å². The maximum atomic E-state index is 14.0. The predicted octanol–water partition coefficient (Wildman–Crippen LogP) is 2.38. The highest BCUT2D eigenvalue weighted by atomic mass is 32.1. The van der Waals surface area contributed by atoms with Crippen molar-refractivity contribution >= 4 is 40.6 Å². The van der Waals surface area contributed by atoms with Gasteiger partial charge in [0.15, 0.2) is 5.69 Å². The molecule has 0 spiro atoms. The van der Waals surface area contributed by atoms with Crippen LogP contribution in [0.4, 0.5) is 11.4 Å². The molecule has 11 nitrogen and oxygen atoms in total. The number of nitrogens with two attached hydrogens (primary N) is 2. The van der Waals surface area contributed by atoms with Crippen LogP contribution in [0.1, 0.15) is 38.7 Å². The lowest BCUT2D eigenvalue weighted by Crippen LogP contribution is -2.44. The maximum Gasteiger partial charge on any atom is 0.273 e. The first-order chi connectivity index (χ1) is 17.8. The molecule has 0 bridgehead atoms. The van der Waals surface area contributed by atoms with Crippen molar-refractivity contribution in [3.63, 3.8) is 0 Å². The molecule has 0 fully saturated rings. The number of hydrogen-bond acceptors (Lipinski definition) is 9. The van der Waals surface area contributed by atoms with Gasteiger partial charge in [-0.2, -0.15) is 4.37 Å².